The van der Waals surface area contributed by atoms with Gasteiger partial charge in [0.25, 0.3) is 0 Å². The predicted octanol–water partition coefficient (Wildman–Crippen LogP) is 1.75. The first-order chi connectivity index (χ1) is 6.86. The summed E-state index contributed by atoms with van der Waals surface area (Å²) >= 11 is 0. The molecule has 0 unspecified atom stereocenters. The number of aromatic amines is 1. The van der Waals surface area contributed by atoms with Crippen LogP contribution in [-0.2, 0) is 6.42 Å². The van der Waals surface area contributed by atoms with Crippen molar-refractivity contribution in [2.75, 3.05) is 19.6 Å². The molecule has 1 fully saturated rings. The van der Waals surface area contributed by atoms with E-state index in [2.05, 4.69) is 22.0 Å². The maximum absolute atomic E-state index is 4.04. The second-order valence-electron chi connectivity index (χ2n) is 4.17. The molecule has 1 N–H and O–H groups in total. The Bertz CT molecular complexity index is 274. The van der Waals surface area contributed by atoms with Crippen molar-refractivity contribution in [2.45, 2.75) is 32.6 Å². The summed E-state index contributed by atoms with van der Waals surface area (Å²) < 4.78 is 0. The van der Waals surface area contributed by atoms with E-state index in [1.807, 2.05) is 6.20 Å². The number of rotatable bonds is 3. The molecular formula is C11H19N3. The fourth-order valence-electron chi connectivity index (χ4n) is 2.09. The molecule has 1 aromatic rings. The molecule has 0 spiro atoms. The minimum absolute atomic E-state index is 1.14. The van der Waals surface area contributed by atoms with Crippen LogP contribution in [0, 0.1) is 6.92 Å². The lowest BCUT2D eigenvalue weighted by Gasteiger charge is -2.26. The van der Waals surface area contributed by atoms with Crippen LogP contribution < -0.4 is 0 Å². The Hall–Kier alpha value is -0.830. The van der Waals surface area contributed by atoms with Crippen molar-refractivity contribution in [2.24, 2.45) is 0 Å². The topological polar surface area (TPSA) is 31.9 Å². The van der Waals surface area contributed by atoms with E-state index in [9.17, 15) is 0 Å². The van der Waals surface area contributed by atoms with Crippen molar-refractivity contribution in [3.8, 4) is 0 Å². The molecule has 14 heavy (non-hydrogen) atoms. The van der Waals surface area contributed by atoms with E-state index in [-0.39, 0.29) is 0 Å². The molecule has 1 aliphatic rings. The van der Waals surface area contributed by atoms with Gasteiger partial charge in [-0.3, -0.25) is 5.10 Å². The minimum Gasteiger partial charge on any atom is -0.303 e. The third-order valence-corrected chi connectivity index (χ3v) is 3.08. The van der Waals surface area contributed by atoms with Crippen LogP contribution in [0.15, 0.2) is 6.20 Å². The Kier molecular flexibility index (Phi) is 3.19. The minimum atomic E-state index is 1.14. The lowest BCUT2D eigenvalue weighted by Crippen LogP contribution is -2.31. The van der Waals surface area contributed by atoms with E-state index < -0.39 is 0 Å². The summed E-state index contributed by atoms with van der Waals surface area (Å²) in [5.74, 6) is 0. The summed E-state index contributed by atoms with van der Waals surface area (Å²) in [6.07, 6.45) is 7.28. The molecule has 0 aromatic carbocycles. The van der Waals surface area contributed by atoms with Gasteiger partial charge in [0, 0.05) is 12.2 Å². The average Bonchev–Trinajstić information content (AvgIpc) is 2.63. The summed E-state index contributed by atoms with van der Waals surface area (Å²) in [6, 6.07) is 0. The first-order valence-electron chi connectivity index (χ1n) is 5.57. The lowest BCUT2D eigenvalue weighted by molar-refractivity contribution is 0.231. The van der Waals surface area contributed by atoms with Gasteiger partial charge in [0.15, 0.2) is 0 Å². The van der Waals surface area contributed by atoms with Crippen LogP contribution in [0.2, 0.25) is 0 Å². The quantitative estimate of drug-likeness (QED) is 0.793. The van der Waals surface area contributed by atoms with Crippen LogP contribution in [0.1, 0.15) is 30.5 Å². The number of hydrogen-bond donors (Lipinski definition) is 1. The predicted molar refractivity (Wildman–Crippen MR) is 57.3 cm³/mol. The fourth-order valence-corrected chi connectivity index (χ4v) is 2.09. The van der Waals surface area contributed by atoms with Crippen LogP contribution in [-0.4, -0.2) is 34.7 Å². The third kappa shape index (κ3) is 2.35. The summed E-state index contributed by atoms with van der Waals surface area (Å²) in [6.45, 7) is 5.87. The van der Waals surface area contributed by atoms with Crippen LogP contribution in [0.5, 0.6) is 0 Å². The van der Waals surface area contributed by atoms with Gasteiger partial charge in [0.05, 0.1) is 6.20 Å². The maximum Gasteiger partial charge on any atom is 0.0522 e. The number of nitrogens with zero attached hydrogens (tertiary/aromatic N) is 2. The molecule has 0 amide bonds. The summed E-state index contributed by atoms with van der Waals surface area (Å²) in [5, 5.41) is 7.03. The van der Waals surface area contributed by atoms with E-state index in [4.69, 9.17) is 0 Å². The molecule has 1 aliphatic heterocycles. The van der Waals surface area contributed by atoms with Crippen molar-refractivity contribution < 1.29 is 0 Å². The van der Waals surface area contributed by atoms with Gasteiger partial charge in [0.2, 0.25) is 0 Å². The zero-order chi connectivity index (χ0) is 9.80. The molecule has 0 saturated carbocycles. The molecule has 0 radical (unpaired) electrons. The standard InChI is InChI=1S/C11H19N3/c1-10-11(9-12-13-10)5-8-14-6-3-2-4-7-14/h9H,2-8H2,1H3,(H,12,13). The number of piperidine rings is 1. The Morgan fingerprint density at radius 3 is 2.79 bits per heavy atom. The van der Waals surface area contributed by atoms with Crippen LogP contribution in [0.25, 0.3) is 0 Å². The van der Waals surface area contributed by atoms with Gasteiger partial charge in [-0.25, -0.2) is 0 Å². The van der Waals surface area contributed by atoms with Crippen molar-refractivity contribution in [3.63, 3.8) is 0 Å². The van der Waals surface area contributed by atoms with Gasteiger partial charge in [-0.1, -0.05) is 6.42 Å². The molecule has 1 saturated heterocycles. The molecule has 3 heteroatoms. The average molecular weight is 193 g/mol. The van der Waals surface area contributed by atoms with E-state index in [1.165, 1.54) is 50.2 Å². The van der Waals surface area contributed by atoms with E-state index in [0.717, 1.165) is 6.42 Å². The Labute approximate surface area is 85.5 Å². The number of likely N-dealkylation sites (tertiary alicyclic amines) is 1. The fraction of sp³-hybridized carbons (Fsp3) is 0.727. The molecule has 1 aromatic heterocycles. The SMILES string of the molecule is Cc1[nH]ncc1CCN1CCCCC1. The third-order valence-electron chi connectivity index (χ3n) is 3.08. The number of aryl methyl sites for hydroxylation is 1. The second kappa shape index (κ2) is 4.60. The molecule has 78 valence electrons. The van der Waals surface area contributed by atoms with Crippen molar-refractivity contribution >= 4 is 0 Å². The maximum atomic E-state index is 4.04. The first kappa shape index (κ1) is 9.71. The van der Waals surface area contributed by atoms with Crippen LogP contribution >= 0.6 is 0 Å². The molecule has 0 atom stereocenters. The zero-order valence-electron chi connectivity index (χ0n) is 8.92. The highest BCUT2D eigenvalue weighted by molar-refractivity contribution is 5.14. The Morgan fingerprint density at radius 1 is 1.36 bits per heavy atom. The number of H-pyrrole nitrogens is 1. The van der Waals surface area contributed by atoms with Gasteiger partial charge in [-0.2, -0.15) is 5.10 Å². The van der Waals surface area contributed by atoms with E-state index in [1.54, 1.807) is 0 Å². The number of hydrogen-bond acceptors (Lipinski definition) is 2. The van der Waals surface area contributed by atoms with Gasteiger partial charge in [-0.05, 0) is 44.8 Å². The molecule has 0 aliphatic carbocycles. The second-order valence-corrected chi connectivity index (χ2v) is 4.17. The largest absolute Gasteiger partial charge is 0.303 e. The monoisotopic (exact) mass is 193 g/mol. The Balaban J connectivity index is 1.79. The molecule has 0 bridgehead atoms. The highest BCUT2D eigenvalue weighted by atomic mass is 15.1. The van der Waals surface area contributed by atoms with Gasteiger partial charge in [0.1, 0.15) is 0 Å². The lowest BCUT2D eigenvalue weighted by atomic mass is 10.1. The van der Waals surface area contributed by atoms with Gasteiger partial charge >= 0.3 is 0 Å². The van der Waals surface area contributed by atoms with E-state index in [0.29, 0.717) is 0 Å². The first-order valence-corrected chi connectivity index (χ1v) is 5.57. The highest BCUT2D eigenvalue weighted by Gasteiger charge is 2.10. The zero-order valence-corrected chi connectivity index (χ0v) is 8.92. The van der Waals surface area contributed by atoms with Crippen molar-refractivity contribution in [1.29, 1.82) is 0 Å². The normalized spacial score (nSPS) is 18.6. The highest BCUT2D eigenvalue weighted by Crippen LogP contribution is 2.10. The van der Waals surface area contributed by atoms with Gasteiger partial charge in [-0.15, -0.1) is 0 Å². The molecule has 2 rings (SSSR count). The number of nitrogens with one attached hydrogen (secondary N) is 1. The molecule has 3 nitrogen and oxygen atoms in total. The number of aromatic nitrogens is 2. The van der Waals surface area contributed by atoms with Crippen molar-refractivity contribution in [1.82, 2.24) is 15.1 Å². The van der Waals surface area contributed by atoms with Crippen LogP contribution in [0.3, 0.4) is 0 Å². The Morgan fingerprint density at radius 2 is 2.14 bits per heavy atom. The summed E-state index contributed by atoms with van der Waals surface area (Å²) in [5.41, 5.74) is 2.59. The van der Waals surface area contributed by atoms with Gasteiger partial charge < -0.3 is 4.90 Å². The summed E-state index contributed by atoms with van der Waals surface area (Å²) in [4.78, 5) is 2.57. The smallest absolute Gasteiger partial charge is 0.0522 e. The van der Waals surface area contributed by atoms with Crippen molar-refractivity contribution in [3.05, 3.63) is 17.5 Å². The molecule has 2 heterocycles. The summed E-state index contributed by atoms with van der Waals surface area (Å²) in [7, 11) is 0. The molecular weight excluding hydrogens is 174 g/mol. The van der Waals surface area contributed by atoms with Crippen LogP contribution in [0.4, 0.5) is 0 Å². The van der Waals surface area contributed by atoms with E-state index >= 15 is 0 Å².